The van der Waals surface area contributed by atoms with Crippen LogP contribution in [0.4, 0.5) is 0 Å². The van der Waals surface area contributed by atoms with Crippen LogP contribution in [0.25, 0.3) is 0 Å². The smallest absolute Gasteiger partial charge is 0.0140 e. The molecule has 2 heteroatoms. The largest absolute Gasteiger partial charge is 0.333 e. The van der Waals surface area contributed by atoms with Gasteiger partial charge in [-0.2, -0.15) is 0 Å². The number of rotatable bonds is 0. The van der Waals surface area contributed by atoms with E-state index in [2.05, 4.69) is 5.73 Å². The highest BCUT2D eigenvalue weighted by molar-refractivity contribution is 4.09. The quantitative estimate of drug-likeness (QED) is 0.484. The van der Waals surface area contributed by atoms with Crippen LogP contribution < -0.4 is 5.73 Å². The van der Waals surface area contributed by atoms with Gasteiger partial charge in [0, 0.05) is 0 Å². The molecule has 0 heterocycles. The van der Waals surface area contributed by atoms with Crippen molar-refractivity contribution >= 4 is 0 Å². The maximum Gasteiger partial charge on any atom is -0.0140 e. The van der Waals surface area contributed by atoms with E-state index in [0.717, 1.165) is 0 Å². The van der Waals surface area contributed by atoms with E-state index in [9.17, 15) is 0 Å². The zero-order chi connectivity index (χ0) is 5.58. The van der Waals surface area contributed by atoms with E-state index >= 15 is 0 Å². The van der Waals surface area contributed by atoms with Gasteiger partial charge in [0.25, 0.3) is 0 Å². The Morgan fingerprint density at radius 2 is 1.00 bits per heavy atom. The van der Waals surface area contributed by atoms with Crippen molar-refractivity contribution in [2.45, 2.75) is 7.43 Å². The van der Waals surface area contributed by atoms with Gasteiger partial charge >= 0.3 is 0 Å². The molecule has 0 aromatic rings. The fourth-order valence-electron chi connectivity index (χ4n) is 0. The fraction of sp³-hybridized carbons (Fsp3) is 1.00. The summed E-state index contributed by atoms with van der Waals surface area (Å²) in [4.78, 5) is 2.00. The summed E-state index contributed by atoms with van der Waals surface area (Å²) in [7, 11) is 7.50. The van der Waals surface area contributed by atoms with Crippen molar-refractivity contribution in [1.82, 2.24) is 4.90 Å². The van der Waals surface area contributed by atoms with Crippen molar-refractivity contribution in [2.75, 3.05) is 28.2 Å². The molecule has 0 radical (unpaired) electrons. The van der Waals surface area contributed by atoms with Crippen LogP contribution in [0, 0.1) is 0 Å². The van der Waals surface area contributed by atoms with Gasteiger partial charge in [0.05, 0.1) is 0 Å². The minimum absolute atomic E-state index is 0. The lowest BCUT2D eigenvalue weighted by atomic mass is 11.0. The summed E-state index contributed by atoms with van der Waals surface area (Å²) in [6.07, 6.45) is 0. The molecule has 0 fully saturated rings. The lowest BCUT2D eigenvalue weighted by Gasteiger charge is -1.90. The molecule has 7 heavy (non-hydrogen) atoms. The van der Waals surface area contributed by atoms with E-state index in [0.29, 0.717) is 0 Å². The van der Waals surface area contributed by atoms with Crippen LogP contribution in [0.5, 0.6) is 0 Å². The van der Waals surface area contributed by atoms with Crippen LogP contribution in [0.15, 0.2) is 0 Å². The molecule has 0 bridgehead atoms. The predicted molar refractivity (Wildman–Crippen MR) is 36.5 cm³/mol. The van der Waals surface area contributed by atoms with Crippen LogP contribution in [0.1, 0.15) is 7.43 Å². The van der Waals surface area contributed by atoms with Crippen LogP contribution in [-0.2, 0) is 0 Å². The zero-order valence-electron chi connectivity index (χ0n) is 5.02. The Morgan fingerprint density at radius 3 is 1.00 bits per heavy atom. The second-order valence-electron chi connectivity index (χ2n) is 1.34. The van der Waals surface area contributed by atoms with Crippen LogP contribution in [0.2, 0.25) is 0 Å². The Bertz CT molecular complexity index is 10.8. The van der Waals surface area contributed by atoms with Gasteiger partial charge in [-0.3, -0.25) is 0 Å². The van der Waals surface area contributed by atoms with E-state index in [1.54, 1.807) is 0 Å². The molecule has 0 aromatic carbocycles. The number of hydrogen-bond donors (Lipinski definition) is 1. The first kappa shape index (κ1) is 15.8. The minimum atomic E-state index is 0. The van der Waals surface area contributed by atoms with Gasteiger partial charge in [-0.15, -0.1) is 0 Å². The molecule has 0 atom stereocenters. The summed E-state index contributed by atoms with van der Waals surface area (Å²) in [6.45, 7) is 0. The third-order valence-corrected chi connectivity index (χ3v) is 0. The lowest BCUT2D eigenvalue weighted by Crippen LogP contribution is -1.99. The fourth-order valence-corrected chi connectivity index (χ4v) is 0. The third-order valence-electron chi connectivity index (χ3n) is 0. The molecule has 2 nitrogen and oxygen atoms in total. The molecule has 0 aliphatic rings. The van der Waals surface area contributed by atoms with E-state index in [1.807, 2.05) is 26.0 Å². The summed E-state index contributed by atoms with van der Waals surface area (Å²) in [5, 5.41) is 0. The van der Waals surface area contributed by atoms with Crippen LogP contribution >= 0.6 is 0 Å². The maximum atomic E-state index is 4.50. The monoisotopic (exact) mass is 106 g/mol. The van der Waals surface area contributed by atoms with Crippen molar-refractivity contribution in [3.05, 3.63) is 0 Å². The molecule has 0 aliphatic carbocycles. The molecule has 2 N–H and O–H groups in total. The minimum Gasteiger partial charge on any atom is -0.333 e. The molecule has 0 saturated carbocycles. The molecule has 0 rings (SSSR count). The highest BCUT2D eigenvalue weighted by Crippen LogP contribution is 1.47. The first-order chi connectivity index (χ1) is 2.73. The van der Waals surface area contributed by atoms with Gasteiger partial charge in [-0.05, 0) is 28.2 Å². The summed E-state index contributed by atoms with van der Waals surface area (Å²) in [5.41, 5.74) is 4.50. The van der Waals surface area contributed by atoms with Crippen molar-refractivity contribution in [3.8, 4) is 0 Å². The first-order valence-electron chi connectivity index (χ1n) is 1.92. The molecule has 0 saturated heterocycles. The van der Waals surface area contributed by atoms with Crippen LogP contribution in [-0.4, -0.2) is 33.1 Å². The maximum absolute atomic E-state index is 4.50. The average molecular weight is 106 g/mol. The van der Waals surface area contributed by atoms with Gasteiger partial charge in [0.15, 0.2) is 0 Å². The normalized spacial score (nSPS) is 6.00. The Labute approximate surface area is 47.3 Å². The van der Waals surface area contributed by atoms with Crippen molar-refractivity contribution in [3.63, 3.8) is 0 Å². The number of hydrogen-bond acceptors (Lipinski definition) is 2. The van der Waals surface area contributed by atoms with Gasteiger partial charge in [0.1, 0.15) is 0 Å². The Kier molecular flexibility index (Phi) is 37.9. The van der Waals surface area contributed by atoms with Crippen molar-refractivity contribution in [2.24, 2.45) is 5.73 Å². The van der Waals surface area contributed by atoms with Gasteiger partial charge in [-0.1, -0.05) is 7.43 Å². The predicted octanol–water partition coefficient (Wildman–Crippen LogP) is 0.389. The molecule has 48 valence electrons. The molecule has 0 aliphatic heterocycles. The topological polar surface area (TPSA) is 29.3 Å². The van der Waals surface area contributed by atoms with Gasteiger partial charge in [0.2, 0.25) is 0 Å². The number of nitrogens with two attached hydrogens (primary N) is 1. The van der Waals surface area contributed by atoms with Crippen molar-refractivity contribution < 1.29 is 0 Å². The van der Waals surface area contributed by atoms with Crippen molar-refractivity contribution in [1.29, 1.82) is 0 Å². The second-order valence-corrected chi connectivity index (χ2v) is 1.34. The number of nitrogens with zero attached hydrogens (tertiary/aromatic N) is 1. The van der Waals surface area contributed by atoms with E-state index in [4.69, 9.17) is 0 Å². The van der Waals surface area contributed by atoms with E-state index < -0.39 is 0 Å². The molecule has 0 aromatic heterocycles. The molecule has 0 unspecified atom stereocenters. The molecular formula is C5H18N2. The standard InChI is InChI=1S/C3H9N.CH5N.CH4/c1-4(2)3;1-2;/h1-3H3;2H2,1H3;1H4. The Balaban J connectivity index is -0.0000000480. The second kappa shape index (κ2) is 16.8. The average Bonchev–Trinajstić information content (AvgIpc) is 1.41. The summed E-state index contributed by atoms with van der Waals surface area (Å²) >= 11 is 0. The van der Waals surface area contributed by atoms with Gasteiger partial charge in [-0.25, -0.2) is 0 Å². The van der Waals surface area contributed by atoms with E-state index in [1.165, 1.54) is 7.05 Å². The summed E-state index contributed by atoms with van der Waals surface area (Å²) in [6, 6.07) is 0. The van der Waals surface area contributed by atoms with E-state index in [-0.39, 0.29) is 7.43 Å². The lowest BCUT2D eigenvalue weighted by molar-refractivity contribution is 0.505. The first-order valence-corrected chi connectivity index (χ1v) is 1.92. The summed E-state index contributed by atoms with van der Waals surface area (Å²) < 4.78 is 0. The Morgan fingerprint density at radius 1 is 1.00 bits per heavy atom. The van der Waals surface area contributed by atoms with Crippen LogP contribution in [0.3, 0.4) is 0 Å². The third kappa shape index (κ3) is 14200. The Hall–Kier alpha value is -0.0800. The van der Waals surface area contributed by atoms with Gasteiger partial charge < -0.3 is 10.6 Å². The molecular weight excluding hydrogens is 88.1 g/mol. The molecule has 0 amide bonds. The zero-order valence-corrected chi connectivity index (χ0v) is 5.02. The SMILES string of the molecule is C.CN.CN(C)C. The molecule has 0 spiro atoms. The highest BCUT2D eigenvalue weighted by Gasteiger charge is 1.58. The highest BCUT2D eigenvalue weighted by atomic mass is 15.0. The summed E-state index contributed by atoms with van der Waals surface area (Å²) in [5.74, 6) is 0.